The lowest BCUT2D eigenvalue weighted by Gasteiger charge is -2.31. The monoisotopic (exact) mass is 397 g/mol. The zero-order chi connectivity index (χ0) is 20.4. The summed E-state index contributed by atoms with van der Waals surface area (Å²) in [5.41, 5.74) is 3.66. The van der Waals surface area contributed by atoms with Gasteiger partial charge in [0.05, 0.1) is 11.6 Å². The number of H-pyrrole nitrogens is 1. The van der Waals surface area contributed by atoms with Crippen molar-refractivity contribution in [1.82, 2.24) is 25.2 Å². The van der Waals surface area contributed by atoms with Gasteiger partial charge in [0, 0.05) is 30.8 Å². The first-order chi connectivity index (χ1) is 14.0. The molecule has 0 aliphatic carbocycles. The molecule has 1 aliphatic heterocycles. The summed E-state index contributed by atoms with van der Waals surface area (Å²) in [7, 11) is 0. The molecule has 1 atom stereocenters. The van der Waals surface area contributed by atoms with Crippen LogP contribution in [0.1, 0.15) is 48.0 Å². The summed E-state index contributed by atoms with van der Waals surface area (Å²) in [6.07, 6.45) is 2.90. The molecule has 0 spiro atoms. The molecule has 4 rings (SSSR count). The summed E-state index contributed by atoms with van der Waals surface area (Å²) < 4.78 is 18.9. The Labute approximate surface area is 168 Å². The van der Waals surface area contributed by atoms with Crippen LogP contribution in [0, 0.1) is 19.7 Å². The van der Waals surface area contributed by atoms with E-state index in [2.05, 4.69) is 20.3 Å². The fourth-order valence-electron chi connectivity index (χ4n) is 3.88. The third-order valence-corrected chi connectivity index (χ3v) is 5.52. The molecule has 1 amide bonds. The molecule has 0 saturated carbocycles. The van der Waals surface area contributed by atoms with Gasteiger partial charge in [-0.1, -0.05) is 17.3 Å². The van der Waals surface area contributed by atoms with Crippen molar-refractivity contribution in [3.63, 3.8) is 0 Å². The van der Waals surface area contributed by atoms with E-state index in [4.69, 9.17) is 4.52 Å². The van der Waals surface area contributed by atoms with E-state index in [9.17, 15) is 9.18 Å². The fraction of sp³-hybridized carbons (Fsp3) is 0.429. The van der Waals surface area contributed by atoms with Gasteiger partial charge in [0.1, 0.15) is 5.82 Å². The number of piperidine rings is 1. The van der Waals surface area contributed by atoms with Crippen molar-refractivity contribution in [3.8, 4) is 11.4 Å². The number of nitrogens with one attached hydrogen (secondary N) is 1. The number of aromatic nitrogens is 4. The minimum Gasteiger partial charge on any atom is -0.342 e. The minimum absolute atomic E-state index is 0.0000864. The topological polar surface area (TPSA) is 87.9 Å². The lowest BCUT2D eigenvalue weighted by Crippen LogP contribution is -2.39. The van der Waals surface area contributed by atoms with Crippen molar-refractivity contribution in [1.29, 1.82) is 0 Å². The van der Waals surface area contributed by atoms with E-state index in [1.165, 1.54) is 12.1 Å². The van der Waals surface area contributed by atoms with Gasteiger partial charge in [-0.25, -0.2) is 4.39 Å². The van der Waals surface area contributed by atoms with Crippen LogP contribution in [-0.2, 0) is 11.2 Å². The normalized spacial score (nSPS) is 16.9. The molecule has 7 nitrogen and oxygen atoms in total. The van der Waals surface area contributed by atoms with Gasteiger partial charge in [0.25, 0.3) is 0 Å². The number of halogens is 1. The second kappa shape index (κ2) is 8.14. The van der Waals surface area contributed by atoms with Gasteiger partial charge in [-0.05, 0) is 50.8 Å². The highest BCUT2D eigenvalue weighted by molar-refractivity contribution is 5.76. The van der Waals surface area contributed by atoms with Crippen LogP contribution >= 0.6 is 0 Å². The lowest BCUT2D eigenvalue weighted by atomic mass is 9.97. The first-order valence-corrected chi connectivity index (χ1v) is 9.89. The van der Waals surface area contributed by atoms with Crippen LogP contribution in [0.5, 0.6) is 0 Å². The van der Waals surface area contributed by atoms with Gasteiger partial charge < -0.3 is 9.42 Å². The van der Waals surface area contributed by atoms with E-state index in [1.54, 1.807) is 12.1 Å². The Balaban J connectivity index is 1.40. The highest BCUT2D eigenvalue weighted by atomic mass is 19.1. The molecule has 1 fully saturated rings. The molecule has 3 aromatic rings. The Morgan fingerprint density at radius 2 is 2.24 bits per heavy atom. The molecule has 1 saturated heterocycles. The number of aryl methyl sites for hydroxylation is 2. The fourth-order valence-corrected chi connectivity index (χ4v) is 3.88. The average molecular weight is 397 g/mol. The van der Waals surface area contributed by atoms with Crippen LogP contribution in [0.4, 0.5) is 4.39 Å². The van der Waals surface area contributed by atoms with Gasteiger partial charge in [-0.15, -0.1) is 0 Å². The highest BCUT2D eigenvalue weighted by Crippen LogP contribution is 2.28. The molecule has 0 radical (unpaired) electrons. The number of benzene rings is 1. The van der Waals surface area contributed by atoms with E-state index < -0.39 is 0 Å². The number of carbonyl (C=O) groups is 1. The molecule has 0 unspecified atom stereocenters. The van der Waals surface area contributed by atoms with Gasteiger partial charge in [0.2, 0.25) is 17.6 Å². The van der Waals surface area contributed by atoms with Crippen LogP contribution in [-0.4, -0.2) is 44.2 Å². The molecular weight excluding hydrogens is 373 g/mol. The van der Waals surface area contributed by atoms with E-state index in [-0.39, 0.29) is 17.6 Å². The molecule has 8 heteroatoms. The van der Waals surface area contributed by atoms with E-state index in [0.717, 1.165) is 36.3 Å². The first kappa shape index (κ1) is 19.3. The number of likely N-dealkylation sites (tertiary alicyclic amines) is 1. The quantitative estimate of drug-likeness (QED) is 0.711. The average Bonchev–Trinajstić information content (AvgIpc) is 3.34. The van der Waals surface area contributed by atoms with Crippen molar-refractivity contribution in [2.75, 3.05) is 13.1 Å². The van der Waals surface area contributed by atoms with Crippen LogP contribution in [0.15, 0.2) is 28.8 Å². The van der Waals surface area contributed by atoms with Crippen LogP contribution < -0.4 is 0 Å². The van der Waals surface area contributed by atoms with Crippen molar-refractivity contribution in [2.24, 2.45) is 0 Å². The molecule has 1 aliphatic rings. The molecule has 0 bridgehead atoms. The number of hydrogen-bond acceptors (Lipinski definition) is 5. The SMILES string of the molecule is Cc1n[nH]c(C)c1CCC(=O)N1CCC[C@@H](c2nc(-c3cccc(F)c3)no2)C1. The van der Waals surface area contributed by atoms with Crippen LogP contribution in [0.25, 0.3) is 11.4 Å². The third-order valence-electron chi connectivity index (χ3n) is 5.52. The van der Waals surface area contributed by atoms with Crippen LogP contribution in [0.3, 0.4) is 0 Å². The first-order valence-electron chi connectivity index (χ1n) is 9.89. The number of rotatable bonds is 5. The van der Waals surface area contributed by atoms with Crippen molar-refractivity contribution >= 4 is 5.91 Å². The van der Waals surface area contributed by atoms with Gasteiger partial charge in [-0.2, -0.15) is 10.1 Å². The Hall–Kier alpha value is -3.03. The van der Waals surface area contributed by atoms with Crippen molar-refractivity contribution in [2.45, 2.75) is 45.4 Å². The van der Waals surface area contributed by atoms with Crippen molar-refractivity contribution < 1.29 is 13.7 Å². The predicted octanol–water partition coefficient (Wildman–Crippen LogP) is 3.55. The zero-order valence-electron chi connectivity index (χ0n) is 16.6. The smallest absolute Gasteiger partial charge is 0.231 e. The van der Waals surface area contributed by atoms with E-state index in [0.29, 0.717) is 36.7 Å². The van der Waals surface area contributed by atoms with Gasteiger partial charge in [0.15, 0.2) is 0 Å². The lowest BCUT2D eigenvalue weighted by molar-refractivity contribution is -0.132. The second-order valence-corrected chi connectivity index (χ2v) is 7.56. The van der Waals surface area contributed by atoms with E-state index >= 15 is 0 Å². The summed E-state index contributed by atoms with van der Waals surface area (Å²) in [4.78, 5) is 19.1. The summed E-state index contributed by atoms with van der Waals surface area (Å²) in [5, 5.41) is 11.1. The van der Waals surface area contributed by atoms with Crippen molar-refractivity contribution in [3.05, 3.63) is 52.9 Å². The Kier molecular flexibility index (Phi) is 5.42. The number of carbonyl (C=O) groups excluding carboxylic acids is 1. The Morgan fingerprint density at radius 3 is 3.00 bits per heavy atom. The zero-order valence-corrected chi connectivity index (χ0v) is 16.6. The van der Waals surface area contributed by atoms with Gasteiger partial charge in [-0.3, -0.25) is 9.89 Å². The molecular formula is C21H24FN5O2. The Morgan fingerprint density at radius 1 is 1.38 bits per heavy atom. The standard InChI is InChI=1S/C21H24FN5O2/c1-13-18(14(2)25-24-13)8-9-19(28)27-10-4-6-16(12-27)21-23-20(26-29-21)15-5-3-7-17(22)11-15/h3,5,7,11,16H,4,6,8-10,12H2,1-2H3,(H,24,25)/t16-/m1/s1. The maximum atomic E-state index is 13.4. The number of nitrogens with zero attached hydrogens (tertiary/aromatic N) is 4. The summed E-state index contributed by atoms with van der Waals surface area (Å²) >= 11 is 0. The molecule has 2 aromatic heterocycles. The molecule has 29 heavy (non-hydrogen) atoms. The molecule has 152 valence electrons. The van der Waals surface area contributed by atoms with Crippen LogP contribution in [0.2, 0.25) is 0 Å². The third kappa shape index (κ3) is 4.21. The minimum atomic E-state index is -0.341. The number of aromatic amines is 1. The number of amides is 1. The predicted molar refractivity (Wildman–Crippen MR) is 105 cm³/mol. The molecule has 3 heterocycles. The maximum absolute atomic E-state index is 13.4. The number of hydrogen-bond donors (Lipinski definition) is 1. The summed E-state index contributed by atoms with van der Waals surface area (Å²) in [6.45, 7) is 5.23. The summed E-state index contributed by atoms with van der Waals surface area (Å²) in [5.74, 6) is 0.656. The highest BCUT2D eigenvalue weighted by Gasteiger charge is 2.28. The second-order valence-electron chi connectivity index (χ2n) is 7.56. The van der Waals surface area contributed by atoms with Gasteiger partial charge >= 0.3 is 0 Å². The Bertz CT molecular complexity index is 993. The maximum Gasteiger partial charge on any atom is 0.231 e. The van der Waals surface area contributed by atoms with E-state index in [1.807, 2.05) is 18.7 Å². The summed E-state index contributed by atoms with van der Waals surface area (Å²) in [6, 6.07) is 6.12. The molecule has 1 N–H and O–H groups in total. The molecule has 1 aromatic carbocycles. The largest absolute Gasteiger partial charge is 0.342 e.